The number of ether oxygens (including phenoxy) is 3. The summed E-state index contributed by atoms with van der Waals surface area (Å²) in [5.74, 6) is -0.388. The third-order valence-corrected chi connectivity index (χ3v) is 9.24. The van der Waals surface area contributed by atoms with E-state index in [4.69, 9.17) is 19.9 Å². The smallest absolute Gasteiger partial charge is 0.422 e. The van der Waals surface area contributed by atoms with Gasteiger partial charge in [-0.1, -0.05) is 45.0 Å². The Balaban J connectivity index is 1.56. The minimum Gasteiger partial charge on any atom is -0.468 e. The van der Waals surface area contributed by atoms with E-state index in [2.05, 4.69) is 9.97 Å². The fourth-order valence-corrected chi connectivity index (χ4v) is 7.08. The number of hydrogen-bond acceptors (Lipinski definition) is 8. The molecule has 2 bridgehead atoms. The highest BCUT2D eigenvalue weighted by atomic mass is 19.4. The lowest BCUT2D eigenvalue weighted by molar-refractivity contribution is -0.154. The van der Waals surface area contributed by atoms with Crippen molar-refractivity contribution in [1.82, 2.24) is 14.9 Å². The molecule has 250 valence electrons. The van der Waals surface area contributed by atoms with Crippen LogP contribution in [0.2, 0.25) is 0 Å². The molecule has 3 heterocycles. The van der Waals surface area contributed by atoms with Crippen LogP contribution in [-0.4, -0.2) is 77.4 Å². The van der Waals surface area contributed by atoms with Crippen LogP contribution in [0.3, 0.4) is 0 Å². The van der Waals surface area contributed by atoms with Crippen LogP contribution < -0.4 is 20.1 Å². The van der Waals surface area contributed by atoms with Gasteiger partial charge in [-0.3, -0.25) is 4.90 Å². The fraction of sp³-hybridized carbons (Fsp3) is 0.424. The maximum atomic E-state index is 16.9. The molecule has 2 saturated heterocycles. The molecule has 4 aromatic rings. The molecule has 2 atom stereocenters. The zero-order chi connectivity index (χ0) is 33.9. The van der Waals surface area contributed by atoms with E-state index in [1.807, 2.05) is 32.9 Å². The summed E-state index contributed by atoms with van der Waals surface area (Å²) in [5.41, 5.74) is 5.32. The van der Waals surface area contributed by atoms with E-state index in [1.165, 1.54) is 18.1 Å². The largest absolute Gasteiger partial charge is 0.468 e. The molecule has 1 amide bonds. The van der Waals surface area contributed by atoms with Gasteiger partial charge in [-0.15, -0.1) is 0 Å². The Kier molecular flexibility index (Phi) is 7.97. The maximum Gasteiger partial charge on any atom is 0.422 e. The van der Waals surface area contributed by atoms with E-state index in [0.717, 1.165) is 5.39 Å². The van der Waals surface area contributed by atoms with Crippen LogP contribution in [0, 0.1) is 11.2 Å². The van der Waals surface area contributed by atoms with Crippen molar-refractivity contribution in [3.8, 4) is 22.9 Å². The van der Waals surface area contributed by atoms with Gasteiger partial charge in [0.2, 0.25) is 0 Å². The van der Waals surface area contributed by atoms with Crippen molar-refractivity contribution in [2.24, 2.45) is 5.41 Å². The molecule has 47 heavy (non-hydrogen) atoms. The number of anilines is 2. The number of fused-ring (bicyclic) bond motifs is 4. The summed E-state index contributed by atoms with van der Waals surface area (Å²) in [4.78, 5) is 24.2. The SMILES string of the molecule is COCOc1cc(-c2c(N)cc3c(N4C[C@@H]5CC[C@@](C(C)(C)C)(C4)N5C(=O)O)nc(OCC(F)(F)F)nc3c2F)c2ccccc2c1. The normalized spacial score (nSPS) is 19.9. The molecule has 2 aliphatic heterocycles. The second kappa shape index (κ2) is 11.6. The molecule has 14 heteroatoms. The van der Waals surface area contributed by atoms with Gasteiger partial charge in [-0.2, -0.15) is 23.1 Å². The summed E-state index contributed by atoms with van der Waals surface area (Å²) >= 11 is 0. The van der Waals surface area contributed by atoms with Gasteiger partial charge >= 0.3 is 18.3 Å². The van der Waals surface area contributed by atoms with Crippen molar-refractivity contribution < 1.29 is 41.7 Å². The van der Waals surface area contributed by atoms with Gasteiger partial charge in [-0.25, -0.2) is 9.18 Å². The third kappa shape index (κ3) is 5.68. The Labute approximate surface area is 268 Å². The summed E-state index contributed by atoms with van der Waals surface area (Å²) in [6.07, 6.45) is -4.60. The fourth-order valence-electron chi connectivity index (χ4n) is 7.08. The quantitative estimate of drug-likeness (QED) is 0.125. The van der Waals surface area contributed by atoms with Gasteiger partial charge in [0.1, 0.15) is 17.1 Å². The molecule has 1 aromatic heterocycles. The van der Waals surface area contributed by atoms with Crippen molar-refractivity contribution >= 4 is 39.3 Å². The first-order valence-electron chi connectivity index (χ1n) is 15.0. The monoisotopic (exact) mass is 657 g/mol. The van der Waals surface area contributed by atoms with Crippen molar-refractivity contribution in [2.75, 3.05) is 44.2 Å². The van der Waals surface area contributed by atoms with Crippen LogP contribution in [0.5, 0.6) is 11.8 Å². The van der Waals surface area contributed by atoms with Gasteiger partial charge in [0.25, 0.3) is 0 Å². The molecule has 0 unspecified atom stereocenters. The molecule has 0 aliphatic carbocycles. The van der Waals surface area contributed by atoms with E-state index in [0.29, 0.717) is 29.5 Å². The first-order chi connectivity index (χ1) is 22.1. The number of alkyl halides is 3. The van der Waals surface area contributed by atoms with E-state index in [1.54, 1.807) is 29.2 Å². The van der Waals surface area contributed by atoms with Crippen LogP contribution in [-0.2, 0) is 4.74 Å². The average molecular weight is 658 g/mol. The third-order valence-electron chi connectivity index (χ3n) is 9.24. The lowest BCUT2D eigenvalue weighted by atomic mass is 9.71. The van der Waals surface area contributed by atoms with Gasteiger partial charge in [0, 0.05) is 36.8 Å². The summed E-state index contributed by atoms with van der Waals surface area (Å²) in [6.45, 7) is 4.44. The van der Waals surface area contributed by atoms with E-state index >= 15 is 4.39 Å². The van der Waals surface area contributed by atoms with Crippen molar-refractivity contribution in [3.63, 3.8) is 0 Å². The van der Waals surface area contributed by atoms with E-state index < -0.39 is 47.7 Å². The second-order valence-corrected chi connectivity index (χ2v) is 13.0. The average Bonchev–Trinajstić information content (AvgIpc) is 3.26. The van der Waals surface area contributed by atoms with E-state index in [9.17, 15) is 23.1 Å². The second-order valence-electron chi connectivity index (χ2n) is 13.0. The number of piperazine rings is 1. The molecule has 3 N–H and O–H groups in total. The number of amides is 1. The summed E-state index contributed by atoms with van der Waals surface area (Å²) in [6, 6.07) is 11.0. The molecule has 0 spiro atoms. The minimum atomic E-state index is -4.70. The van der Waals surface area contributed by atoms with Crippen LogP contribution >= 0.6 is 0 Å². The zero-order valence-corrected chi connectivity index (χ0v) is 26.3. The predicted molar refractivity (Wildman–Crippen MR) is 168 cm³/mol. The molecular weight excluding hydrogens is 622 g/mol. The number of aromatic nitrogens is 2. The molecule has 6 rings (SSSR count). The van der Waals surface area contributed by atoms with Crippen LogP contribution in [0.25, 0.3) is 32.8 Å². The summed E-state index contributed by atoms with van der Waals surface area (Å²) < 4.78 is 72.4. The van der Waals surface area contributed by atoms with Gasteiger partial charge in [-0.05, 0) is 52.8 Å². The predicted octanol–water partition coefficient (Wildman–Crippen LogP) is 6.84. The molecule has 2 aliphatic rings. The zero-order valence-electron chi connectivity index (χ0n) is 26.3. The highest BCUT2D eigenvalue weighted by Crippen LogP contribution is 2.51. The van der Waals surface area contributed by atoms with Gasteiger partial charge in [0.15, 0.2) is 19.2 Å². The topological polar surface area (TPSA) is 123 Å². The number of benzene rings is 3. The Morgan fingerprint density at radius 2 is 1.85 bits per heavy atom. The number of nitrogen functional groups attached to an aromatic ring is 1. The van der Waals surface area contributed by atoms with Crippen LogP contribution in [0.1, 0.15) is 33.6 Å². The number of hydrogen-bond donors (Lipinski definition) is 2. The maximum absolute atomic E-state index is 16.9. The Hall–Kier alpha value is -4.59. The number of nitrogens with two attached hydrogens (primary N) is 1. The van der Waals surface area contributed by atoms with Crippen LogP contribution in [0.4, 0.5) is 33.9 Å². The number of carboxylic acid groups (broad SMARTS) is 1. The number of nitrogens with zero attached hydrogens (tertiary/aromatic N) is 4. The Morgan fingerprint density at radius 3 is 2.53 bits per heavy atom. The Morgan fingerprint density at radius 1 is 1.11 bits per heavy atom. The molecule has 0 radical (unpaired) electrons. The molecule has 2 fully saturated rings. The molecular formula is C33H35F4N5O5. The highest BCUT2D eigenvalue weighted by molar-refractivity contribution is 6.05. The number of carbonyl (C=O) groups is 1. The Bertz CT molecular complexity index is 1860. The number of methoxy groups -OCH3 is 1. The van der Waals surface area contributed by atoms with Gasteiger partial charge < -0.3 is 30.0 Å². The number of halogens is 4. The van der Waals surface area contributed by atoms with Crippen LogP contribution in [0.15, 0.2) is 42.5 Å². The first kappa shape index (κ1) is 32.4. The molecule has 0 saturated carbocycles. The van der Waals surface area contributed by atoms with Crippen molar-refractivity contribution in [1.29, 1.82) is 0 Å². The first-order valence-corrected chi connectivity index (χ1v) is 15.0. The minimum absolute atomic E-state index is 0.0232. The lowest BCUT2D eigenvalue weighted by Gasteiger charge is -2.54. The van der Waals surface area contributed by atoms with Crippen molar-refractivity contribution in [2.45, 2.75) is 51.4 Å². The van der Waals surface area contributed by atoms with Gasteiger partial charge in [0.05, 0.1) is 11.6 Å². The standard InChI is InChI=1S/C33H35F4N5O5/c1-31(2,3)32-10-9-19(42(32)30(43)44)14-41(15-32)28-23-13-24(38)25(26(34)27(23)39-29(40-28)46-16-33(35,36)37)22-12-20(47-17-45-4)11-18-7-5-6-8-21(18)22/h5-8,11-13,19H,9-10,14-17,38H2,1-4H3,(H,43,44)/t19-,32-/m0/s1. The number of rotatable bonds is 7. The molecule has 3 aromatic carbocycles. The molecule has 10 nitrogen and oxygen atoms in total. The summed E-state index contributed by atoms with van der Waals surface area (Å²) in [5, 5.41) is 11.7. The van der Waals surface area contributed by atoms with Crippen molar-refractivity contribution in [3.05, 3.63) is 48.3 Å². The van der Waals surface area contributed by atoms with E-state index in [-0.39, 0.29) is 47.9 Å². The highest BCUT2D eigenvalue weighted by Gasteiger charge is 2.59. The summed E-state index contributed by atoms with van der Waals surface area (Å²) in [7, 11) is 1.47. The lowest BCUT2D eigenvalue weighted by Crippen LogP contribution is -2.68.